The van der Waals surface area contributed by atoms with E-state index in [0.717, 1.165) is 0 Å². The lowest BCUT2D eigenvalue weighted by atomic mass is 10.3. The molecule has 0 bridgehead atoms. The third kappa shape index (κ3) is 10.8. The number of aliphatic hydroxyl groups is 1. The zero-order valence-electron chi connectivity index (χ0n) is 7.17. The minimum atomic E-state index is -1.18. The molecule has 0 amide bonds. The van der Waals surface area contributed by atoms with Crippen LogP contribution in [0, 0.1) is 0 Å². The largest absolute Gasteiger partial charge is 0.480 e. The number of rotatable bonds is 3. The van der Waals surface area contributed by atoms with Gasteiger partial charge >= 0.3 is 11.9 Å². The van der Waals surface area contributed by atoms with Gasteiger partial charge in [0.25, 0.3) is 0 Å². The second-order valence-electron chi connectivity index (χ2n) is 2.25. The number of aliphatic carboxylic acids is 2. The Morgan fingerprint density at radius 3 is 1.54 bits per heavy atom. The third-order valence-electron chi connectivity index (χ3n) is 0.903. The summed E-state index contributed by atoms with van der Waals surface area (Å²) in [5.41, 5.74) is 9.60. The van der Waals surface area contributed by atoms with Gasteiger partial charge in [-0.1, -0.05) is 0 Å². The Hall–Kier alpha value is -1.18. The highest BCUT2D eigenvalue weighted by Gasteiger charge is 2.07. The molecule has 0 aliphatic heterocycles. The molecule has 78 valence electrons. The Balaban J connectivity index is 0. The second-order valence-corrected chi connectivity index (χ2v) is 2.25. The zero-order chi connectivity index (χ0) is 11.0. The summed E-state index contributed by atoms with van der Waals surface area (Å²) in [6, 6.07) is -1.86. The molecule has 0 aliphatic rings. The average molecular weight is 194 g/mol. The van der Waals surface area contributed by atoms with Crippen LogP contribution in [0.15, 0.2) is 0 Å². The molecule has 0 aromatic heterocycles. The molecule has 0 heterocycles. The molecule has 0 rings (SSSR count). The number of hydrogen-bond donors (Lipinski definition) is 5. The summed E-state index contributed by atoms with van der Waals surface area (Å²) < 4.78 is 0. The summed E-state index contributed by atoms with van der Waals surface area (Å²) in [5, 5.41) is 23.8. The lowest BCUT2D eigenvalue weighted by Gasteiger charge is -1.96. The van der Waals surface area contributed by atoms with E-state index in [-0.39, 0.29) is 0 Å². The Kier molecular flexibility index (Phi) is 8.24. The van der Waals surface area contributed by atoms with Crippen molar-refractivity contribution in [1.29, 1.82) is 0 Å². The van der Waals surface area contributed by atoms with Gasteiger partial charge in [0.15, 0.2) is 0 Å². The van der Waals surface area contributed by atoms with Crippen LogP contribution in [0.1, 0.15) is 6.92 Å². The van der Waals surface area contributed by atoms with E-state index in [1.54, 1.807) is 0 Å². The van der Waals surface area contributed by atoms with Crippen LogP contribution in [0.25, 0.3) is 0 Å². The van der Waals surface area contributed by atoms with Gasteiger partial charge in [-0.2, -0.15) is 0 Å². The normalized spacial score (nSPS) is 13.5. The third-order valence-corrected chi connectivity index (χ3v) is 0.903. The van der Waals surface area contributed by atoms with E-state index in [1.807, 2.05) is 0 Å². The van der Waals surface area contributed by atoms with Crippen LogP contribution >= 0.6 is 0 Å². The molecule has 7 heteroatoms. The standard InChI is InChI=1S/C3H7NO3.C3H7NO2/c4-2(1-5)3(6)7;1-2(4)3(5)6/h2,5H,1,4H2,(H,6,7);2H,4H2,1H3,(H,5,6)/t2*2-/m01/s1. The van der Waals surface area contributed by atoms with Gasteiger partial charge in [-0.25, -0.2) is 0 Å². The smallest absolute Gasteiger partial charge is 0.322 e. The van der Waals surface area contributed by atoms with Crippen molar-refractivity contribution in [2.75, 3.05) is 6.61 Å². The van der Waals surface area contributed by atoms with Crippen LogP contribution in [0.2, 0.25) is 0 Å². The summed E-state index contributed by atoms with van der Waals surface area (Å²) in [6.45, 7) is 0.914. The fourth-order valence-corrected chi connectivity index (χ4v) is 0.0781. The number of nitrogens with two attached hydrogens (primary N) is 2. The minimum absolute atomic E-state index is 0.505. The summed E-state index contributed by atoms with van der Waals surface area (Å²) >= 11 is 0. The number of carboxylic acid groups (broad SMARTS) is 2. The number of carbonyl (C=O) groups is 2. The highest BCUT2D eigenvalue weighted by atomic mass is 16.4. The van der Waals surface area contributed by atoms with Crippen molar-refractivity contribution < 1.29 is 24.9 Å². The van der Waals surface area contributed by atoms with Gasteiger partial charge in [-0.05, 0) is 6.92 Å². The highest BCUT2D eigenvalue weighted by Crippen LogP contribution is 1.71. The van der Waals surface area contributed by atoms with Crippen molar-refractivity contribution in [2.45, 2.75) is 19.0 Å². The quantitative estimate of drug-likeness (QED) is 0.342. The predicted molar refractivity (Wildman–Crippen MR) is 44.0 cm³/mol. The maximum Gasteiger partial charge on any atom is 0.322 e. The fourth-order valence-electron chi connectivity index (χ4n) is 0.0781. The topological polar surface area (TPSA) is 147 Å². The molecule has 0 aliphatic carbocycles. The van der Waals surface area contributed by atoms with E-state index in [0.29, 0.717) is 0 Å². The van der Waals surface area contributed by atoms with Crippen LogP contribution < -0.4 is 11.5 Å². The molecule has 0 spiro atoms. The molecule has 0 radical (unpaired) electrons. The molecule has 0 aromatic carbocycles. The SMILES string of the molecule is C[C@@H](N)C(=O)O.N[C@@H](CO)C(=O)O. The van der Waals surface area contributed by atoms with E-state index < -0.39 is 30.6 Å². The molecule has 13 heavy (non-hydrogen) atoms. The Labute approximate surface area is 75.0 Å². The highest BCUT2D eigenvalue weighted by molar-refractivity contribution is 5.73. The van der Waals surface area contributed by atoms with Gasteiger partial charge < -0.3 is 26.8 Å². The van der Waals surface area contributed by atoms with Crippen molar-refractivity contribution in [3.8, 4) is 0 Å². The van der Waals surface area contributed by atoms with E-state index >= 15 is 0 Å². The van der Waals surface area contributed by atoms with Crippen molar-refractivity contribution in [3.05, 3.63) is 0 Å². The molecular formula is C6H14N2O5. The Morgan fingerprint density at radius 1 is 1.23 bits per heavy atom. The Bertz CT molecular complexity index is 170. The van der Waals surface area contributed by atoms with E-state index in [1.165, 1.54) is 6.92 Å². The van der Waals surface area contributed by atoms with Crippen LogP contribution in [-0.4, -0.2) is 45.9 Å². The molecule has 7 N–H and O–H groups in total. The van der Waals surface area contributed by atoms with Crippen LogP contribution in [0.3, 0.4) is 0 Å². The van der Waals surface area contributed by atoms with E-state index in [2.05, 4.69) is 0 Å². The average Bonchev–Trinajstić information content (AvgIpc) is 2.03. The summed E-state index contributed by atoms with van der Waals surface area (Å²) in [4.78, 5) is 19.2. The van der Waals surface area contributed by atoms with Crippen molar-refractivity contribution >= 4 is 11.9 Å². The van der Waals surface area contributed by atoms with Gasteiger partial charge in [0, 0.05) is 0 Å². The van der Waals surface area contributed by atoms with Crippen molar-refractivity contribution in [3.63, 3.8) is 0 Å². The zero-order valence-corrected chi connectivity index (χ0v) is 7.17. The number of carboxylic acids is 2. The molecule has 2 atom stereocenters. The fraction of sp³-hybridized carbons (Fsp3) is 0.667. The van der Waals surface area contributed by atoms with Gasteiger partial charge in [-0.15, -0.1) is 0 Å². The predicted octanol–water partition coefficient (Wildman–Crippen LogP) is -2.19. The minimum Gasteiger partial charge on any atom is -0.480 e. The van der Waals surface area contributed by atoms with Gasteiger partial charge in [0.2, 0.25) is 0 Å². The lowest BCUT2D eigenvalue weighted by Crippen LogP contribution is -2.33. The first-order chi connectivity index (χ1) is 5.82. The first-order valence-corrected chi connectivity index (χ1v) is 3.40. The molecule has 0 aromatic rings. The first kappa shape index (κ1) is 14.3. The van der Waals surface area contributed by atoms with Gasteiger partial charge in [-0.3, -0.25) is 9.59 Å². The molecule has 7 nitrogen and oxygen atoms in total. The van der Waals surface area contributed by atoms with Crippen LogP contribution in [0.5, 0.6) is 0 Å². The van der Waals surface area contributed by atoms with Crippen LogP contribution in [0.4, 0.5) is 0 Å². The first-order valence-electron chi connectivity index (χ1n) is 3.40. The van der Waals surface area contributed by atoms with Gasteiger partial charge in [0.1, 0.15) is 12.1 Å². The maximum absolute atomic E-state index is 9.65. The molecule has 0 saturated heterocycles. The maximum atomic E-state index is 9.65. The van der Waals surface area contributed by atoms with E-state index in [9.17, 15) is 9.59 Å². The van der Waals surface area contributed by atoms with Crippen molar-refractivity contribution in [2.24, 2.45) is 11.5 Å². The monoisotopic (exact) mass is 194 g/mol. The summed E-state index contributed by atoms with van der Waals surface area (Å²) in [7, 11) is 0. The Morgan fingerprint density at radius 2 is 1.54 bits per heavy atom. The molecule has 0 fully saturated rings. The molecule has 0 saturated carbocycles. The molecule has 0 unspecified atom stereocenters. The van der Waals surface area contributed by atoms with Crippen molar-refractivity contribution in [1.82, 2.24) is 0 Å². The summed E-state index contributed by atoms with van der Waals surface area (Å²) in [5.74, 6) is -2.14. The number of hydrogen-bond acceptors (Lipinski definition) is 5. The van der Waals surface area contributed by atoms with Crippen LogP contribution in [-0.2, 0) is 9.59 Å². The number of aliphatic hydroxyl groups excluding tert-OH is 1. The summed E-state index contributed by atoms with van der Waals surface area (Å²) in [6.07, 6.45) is 0. The van der Waals surface area contributed by atoms with Gasteiger partial charge in [0.05, 0.1) is 6.61 Å². The molecular weight excluding hydrogens is 180 g/mol. The van der Waals surface area contributed by atoms with E-state index in [4.69, 9.17) is 26.8 Å². The second kappa shape index (κ2) is 7.47. The lowest BCUT2D eigenvalue weighted by molar-refractivity contribution is -0.139.